The summed E-state index contributed by atoms with van der Waals surface area (Å²) in [7, 11) is 0. The van der Waals surface area contributed by atoms with Gasteiger partial charge in [0.15, 0.2) is 0 Å². The molecule has 0 saturated heterocycles. The van der Waals surface area contributed by atoms with E-state index in [9.17, 15) is 4.79 Å². The number of benzene rings is 2. The minimum Gasteiger partial charge on any atom is -0.361 e. The van der Waals surface area contributed by atoms with Crippen molar-refractivity contribution in [2.45, 2.75) is 25.4 Å². The first-order valence-electron chi connectivity index (χ1n) is 8.40. The highest BCUT2D eigenvalue weighted by Crippen LogP contribution is 2.30. The Balaban J connectivity index is 1.55. The fraction of sp³-hybridized carbons (Fsp3) is 0.190. The summed E-state index contributed by atoms with van der Waals surface area (Å²) in [4.78, 5) is 17.9. The molecule has 1 aliphatic carbocycles. The van der Waals surface area contributed by atoms with Gasteiger partial charge in [0.25, 0.3) is 0 Å². The van der Waals surface area contributed by atoms with Gasteiger partial charge in [-0.3, -0.25) is 4.79 Å². The first-order chi connectivity index (χ1) is 11.8. The van der Waals surface area contributed by atoms with E-state index in [1.165, 1.54) is 10.9 Å². The summed E-state index contributed by atoms with van der Waals surface area (Å²) >= 11 is 0. The summed E-state index contributed by atoms with van der Waals surface area (Å²) in [5.74, 6) is 0.0916. The molecule has 0 atom stereocenters. The van der Waals surface area contributed by atoms with Gasteiger partial charge in [-0.1, -0.05) is 42.5 Å². The number of hydrogen-bond acceptors (Lipinski definition) is 1. The van der Waals surface area contributed by atoms with E-state index in [0.717, 1.165) is 23.9 Å². The maximum atomic E-state index is 12.7. The number of aromatic nitrogens is 1. The van der Waals surface area contributed by atoms with Crippen LogP contribution in [0.5, 0.6) is 0 Å². The van der Waals surface area contributed by atoms with Crippen molar-refractivity contribution in [2.24, 2.45) is 0 Å². The average molecular weight is 316 g/mol. The van der Waals surface area contributed by atoms with Gasteiger partial charge in [0.2, 0.25) is 5.91 Å². The van der Waals surface area contributed by atoms with E-state index >= 15 is 0 Å². The fourth-order valence-corrected chi connectivity index (χ4v) is 3.07. The van der Waals surface area contributed by atoms with Gasteiger partial charge in [-0.05, 0) is 42.2 Å². The number of amides is 1. The second kappa shape index (κ2) is 6.36. The molecule has 0 unspecified atom stereocenters. The standard InChI is InChI=1S/C21H20N2O/c24-21(12-9-16-5-2-1-3-6-16)23(18-10-11-18)15-17-7-4-8-20-19(17)13-14-22-20/h1-9,12-14,18,22H,10-11,15H2/b12-9+. The van der Waals surface area contributed by atoms with Crippen LogP contribution in [0.2, 0.25) is 0 Å². The van der Waals surface area contributed by atoms with Crippen molar-refractivity contribution < 1.29 is 4.79 Å². The summed E-state index contributed by atoms with van der Waals surface area (Å²) in [5, 5.41) is 1.20. The van der Waals surface area contributed by atoms with Gasteiger partial charge in [0, 0.05) is 35.8 Å². The smallest absolute Gasteiger partial charge is 0.247 e. The van der Waals surface area contributed by atoms with E-state index in [4.69, 9.17) is 0 Å². The molecule has 1 fully saturated rings. The minimum absolute atomic E-state index is 0.0916. The molecule has 1 saturated carbocycles. The molecule has 24 heavy (non-hydrogen) atoms. The largest absolute Gasteiger partial charge is 0.361 e. The molecular weight excluding hydrogens is 296 g/mol. The highest BCUT2D eigenvalue weighted by atomic mass is 16.2. The van der Waals surface area contributed by atoms with Gasteiger partial charge in [0.1, 0.15) is 0 Å². The Bertz CT molecular complexity index is 875. The highest BCUT2D eigenvalue weighted by Gasteiger charge is 2.31. The Labute approximate surface area is 141 Å². The SMILES string of the molecule is O=C(/C=C/c1ccccc1)N(Cc1cccc2[nH]ccc12)C1CC1. The van der Waals surface area contributed by atoms with Crippen LogP contribution in [0, 0.1) is 0 Å². The predicted octanol–water partition coefficient (Wildman–Crippen LogP) is 4.37. The van der Waals surface area contributed by atoms with Crippen molar-refractivity contribution in [3.8, 4) is 0 Å². The number of nitrogens with one attached hydrogen (secondary N) is 1. The molecule has 0 aliphatic heterocycles. The van der Waals surface area contributed by atoms with Gasteiger partial charge >= 0.3 is 0 Å². The van der Waals surface area contributed by atoms with E-state index in [0.29, 0.717) is 12.6 Å². The van der Waals surface area contributed by atoms with Gasteiger partial charge in [-0.2, -0.15) is 0 Å². The number of aromatic amines is 1. The summed E-state index contributed by atoms with van der Waals surface area (Å²) in [6.07, 6.45) is 7.76. The molecule has 3 nitrogen and oxygen atoms in total. The van der Waals surface area contributed by atoms with Crippen molar-refractivity contribution in [2.75, 3.05) is 0 Å². The third kappa shape index (κ3) is 3.11. The van der Waals surface area contributed by atoms with Crippen LogP contribution in [0.1, 0.15) is 24.0 Å². The fourth-order valence-electron chi connectivity index (χ4n) is 3.07. The molecule has 0 bridgehead atoms. The second-order valence-corrected chi connectivity index (χ2v) is 6.30. The number of H-pyrrole nitrogens is 1. The molecule has 1 N–H and O–H groups in total. The molecule has 0 spiro atoms. The Morgan fingerprint density at radius 3 is 2.71 bits per heavy atom. The number of carbonyl (C=O) groups excluding carboxylic acids is 1. The van der Waals surface area contributed by atoms with Crippen LogP contribution in [0.3, 0.4) is 0 Å². The number of rotatable bonds is 5. The topological polar surface area (TPSA) is 36.1 Å². The molecule has 3 heteroatoms. The van der Waals surface area contributed by atoms with Crippen LogP contribution < -0.4 is 0 Å². The van der Waals surface area contributed by atoms with Crippen LogP contribution in [0.15, 0.2) is 66.9 Å². The quantitative estimate of drug-likeness (QED) is 0.697. The summed E-state index contributed by atoms with van der Waals surface area (Å²) in [6, 6.07) is 18.6. The first-order valence-corrected chi connectivity index (χ1v) is 8.40. The number of nitrogens with zero attached hydrogens (tertiary/aromatic N) is 1. The van der Waals surface area contributed by atoms with Crippen LogP contribution in [0.4, 0.5) is 0 Å². The lowest BCUT2D eigenvalue weighted by Crippen LogP contribution is -2.31. The molecule has 1 aliphatic rings. The van der Waals surface area contributed by atoms with Crippen molar-refractivity contribution in [3.63, 3.8) is 0 Å². The summed E-state index contributed by atoms with van der Waals surface area (Å²) in [5.41, 5.74) is 3.37. The zero-order chi connectivity index (χ0) is 16.4. The van der Waals surface area contributed by atoms with Gasteiger partial charge in [-0.15, -0.1) is 0 Å². The predicted molar refractivity (Wildman–Crippen MR) is 97.3 cm³/mol. The molecule has 0 radical (unpaired) electrons. The van der Waals surface area contributed by atoms with Crippen LogP contribution in [0.25, 0.3) is 17.0 Å². The van der Waals surface area contributed by atoms with Gasteiger partial charge in [-0.25, -0.2) is 0 Å². The molecule has 3 aromatic rings. The van der Waals surface area contributed by atoms with Gasteiger partial charge in [0.05, 0.1) is 0 Å². The number of fused-ring (bicyclic) bond motifs is 1. The highest BCUT2D eigenvalue weighted by molar-refractivity contribution is 5.92. The third-order valence-corrected chi connectivity index (χ3v) is 4.51. The summed E-state index contributed by atoms with van der Waals surface area (Å²) < 4.78 is 0. The Hall–Kier alpha value is -2.81. The Morgan fingerprint density at radius 2 is 1.92 bits per heavy atom. The van der Waals surface area contributed by atoms with Crippen molar-refractivity contribution in [3.05, 3.63) is 78.0 Å². The number of hydrogen-bond donors (Lipinski definition) is 1. The molecular formula is C21H20N2O. The monoisotopic (exact) mass is 316 g/mol. The van der Waals surface area contributed by atoms with Crippen LogP contribution in [-0.2, 0) is 11.3 Å². The van der Waals surface area contributed by atoms with Crippen molar-refractivity contribution in [1.29, 1.82) is 0 Å². The lowest BCUT2D eigenvalue weighted by molar-refractivity contribution is -0.127. The zero-order valence-corrected chi connectivity index (χ0v) is 13.5. The first kappa shape index (κ1) is 14.8. The Kier molecular flexibility index (Phi) is 3.91. The minimum atomic E-state index is 0.0916. The van der Waals surface area contributed by atoms with Gasteiger partial charge < -0.3 is 9.88 Å². The third-order valence-electron chi connectivity index (χ3n) is 4.51. The molecule has 1 aromatic heterocycles. The molecule has 2 aromatic carbocycles. The average Bonchev–Trinajstić information content (AvgIpc) is 3.34. The summed E-state index contributed by atoms with van der Waals surface area (Å²) in [6.45, 7) is 0.665. The van der Waals surface area contributed by atoms with E-state index < -0.39 is 0 Å². The van der Waals surface area contributed by atoms with Crippen LogP contribution >= 0.6 is 0 Å². The molecule has 1 amide bonds. The normalized spacial score (nSPS) is 14.3. The lowest BCUT2D eigenvalue weighted by atomic mass is 10.1. The van der Waals surface area contributed by atoms with Crippen LogP contribution in [-0.4, -0.2) is 21.8 Å². The lowest BCUT2D eigenvalue weighted by Gasteiger charge is -2.21. The second-order valence-electron chi connectivity index (χ2n) is 6.30. The zero-order valence-electron chi connectivity index (χ0n) is 13.5. The van der Waals surface area contributed by atoms with Crippen molar-refractivity contribution in [1.82, 2.24) is 9.88 Å². The van der Waals surface area contributed by atoms with E-state index in [1.54, 1.807) is 6.08 Å². The van der Waals surface area contributed by atoms with E-state index in [2.05, 4.69) is 23.2 Å². The van der Waals surface area contributed by atoms with E-state index in [1.807, 2.05) is 53.6 Å². The molecule has 120 valence electrons. The number of carbonyl (C=O) groups is 1. The maximum Gasteiger partial charge on any atom is 0.247 e. The van der Waals surface area contributed by atoms with Crippen molar-refractivity contribution >= 4 is 22.9 Å². The Morgan fingerprint density at radius 1 is 1.08 bits per heavy atom. The maximum absolute atomic E-state index is 12.7. The van der Waals surface area contributed by atoms with E-state index in [-0.39, 0.29) is 5.91 Å². The molecule has 4 rings (SSSR count). The molecule has 1 heterocycles.